The first-order chi connectivity index (χ1) is 13.9. The number of methoxy groups -OCH3 is 2. The van der Waals surface area contributed by atoms with Crippen molar-refractivity contribution < 1.29 is 31.1 Å². The first kappa shape index (κ1) is 23.6. The van der Waals surface area contributed by atoms with E-state index in [2.05, 4.69) is 14.2 Å². The summed E-state index contributed by atoms with van der Waals surface area (Å²) in [6, 6.07) is 7.47. The summed E-state index contributed by atoms with van der Waals surface area (Å²) in [7, 11) is -5.50. The third-order valence-corrected chi connectivity index (χ3v) is 7.06. The average molecular weight is 457 g/mol. The highest BCUT2D eigenvalue weighted by Gasteiger charge is 2.22. The molecule has 0 atom stereocenters. The van der Waals surface area contributed by atoms with Gasteiger partial charge in [0.25, 0.3) is 10.0 Å². The van der Waals surface area contributed by atoms with Crippen LogP contribution < -0.4 is 14.2 Å². The molecule has 0 aromatic heterocycles. The van der Waals surface area contributed by atoms with Crippen molar-refractivity contribution in [3.8, 4) is 5.75 Å². The first-order valence-corrected chi connectivity index (χ1v) is 11.8. The van der Waals surface area contributed by atoms with Gasteiger partial charge in [-0.25, -0.2) is 26.4 Å². The number of sulfonamides is 2. The number of carbonyl (C=O) groups excluding carboxylic acids is 1. The van der Waals surface area contributed by atoms with E-state index in [-0.39, 0.29) is 32.8 Å². The molecule has 0 radical (unpaired) electrons. The molecule has 0 spiro atoms. The Labute approximate surface area is 176 Å². The minimum atomic E-state index is -4.17. The molecule has 0 heterocycles. The molecule has 0 aliphatic rings. The summed E-state index contributed by atoms with van der Waals surface area (Å²) in [6.07, 6.45) is 0. The van der Waals surface area contributed by atoms with E-state index < -0.39 is 26.0 Å². The smallest absolute Gasteiger partial charge is 0.338 e. The molecule has 0 aliphatic heterocycles. The maximum atomic E-state index is 12.9. The minimum absolute atomic E-state index is 0.0654. The molecule has 30 heavy (non-hydrogen) atoms. The van der Waals surface area contributed by atoms with Gasteiger partial charge in [-0.3, -0.25) is 4.72 Å². The number of anilines is 1. The van der Waals surface area contributed by atoms with Crippen LogP contribution in [0.4, 0.5) is 5.69 Å². The van der Waals surface area contributed by atoms with E-state index in [1.165, 1.54) is 44.6 Å². The van der Waals surface area contributed by atoms with Gasteiger partial charge < -0.3 is 9.47 Å². The lowest BCUT2D eigenvalue weighted by molar-refractivity contribution is 0.0599. The van der Waals surface area contributed by atoms with Gasteiger partial charge in [0, 0.05) is 6.04 Å². The van der Waals surface area contributed by atoms with Crippen LogP contribution >= 0.6 is 0 Å². The summed E-state index contributed by atoms with van der Waals surface area (Å²) < 4.78 is 65.3. The van der Waals surface area contributed by atoms with Crippen molar-refractivity contribution in [2.24, 2.45) is 0 Å². The van der Waals surface area contributed by atoms with Crippen molar-refractivity contribution in [3.05, 3.63) is 47.5 Å². The highest BCUT2D eigenvalue weighted by molar-refractivity contribution is 7.92. The van der Waals surface area contributed by atoms with Crippen LogP contribution in [0.3, 0.4) is 0 Å². The third kappa shape index (κ3) is 5.29. The molecule has 2 N–H and O–H groups in total. The van der Waals surface area contributed by atoms with Gasteiger partial charge in [0.05, 0.1) is 35.3 Å². The molecule has 0 amide bonds. The monoisotopic (exact) mass is 456 g/mol. The van der Waals surface area contributed by atoms with Crippen LogP contribution in [0.1, 0.15) is 29.8 Å². The number of hydrogen-bond donors (Lipinski definition) is 2. The Kier molecular flexibility index (Phi) is 7.11. The summed E-state index contributed by atoms with van der Waals surface area (Å²) in [6.45, 7) is 4.98. The molecule has 9 nitrogen and oxygen atoms in total. The number of hydrogen-bond acceptors (Lipinski definition) is 7. The molecular weight excluding hydrogens is 432 g/mol. The van der Waals surface area contributed by atoms with E-state index in [4.69, 9.17) is 4.74 Å². The van der Waals surface area contributed by atoms with E-state index in [1.54, 1.807) is 20.8 Å². The first-order valence-electron chi connectivity index (χ1n) is 8.83. The molecule has 0 bridgehead atoms. The maximum Gasteiger partial charge on any atom is 0.338 e. The van der Waals surface area contributed by atoms with Crippen LogP contribution in [0.25, 0.3) is 0 Å². The Morgan fingerprint density at radius 1 is 0.933 bits per heavy atom. The molecule has 0 saturated carbocycles. The summed E-state index contributed by atoms with van der Waals surface area (Å²) in [5.41, 5.74) is 0.584. The van der Waals surface area contributed by atoms with Gasteiger partial charge >= 0.3 is 5.97 Å². The largest absolute Gasteiger partial charge is 0.495 e. The van der Waals surface area contributed by atoms with Gasteiger partial charge in [0.15, 0.2) is 0 Å². The third-order valence-electron chi connectivity index (χ3n) is 4.04. The van der Waals surface area contributed by atoms with E-state index in [0.29, 0.717) is 5.56 Å². The highest BCUT2D eigenvalue weighted by Crippen LogP contribution is 2.30. The van der Waals surface area contributed by atoms with E-state index >= 15 is 0 Å². The van der Waals surface area contributed by atoms with Gasteiger partial charge in [0.1, 0.15) is 5.75 Å². The summed E-state index contributed by atoms with van der Waals surface area (Å²) in [4.78, 5) is 11.6. The quantitative estimate of drug-likeness (QED) is 0.583. The zero-order valence-electron chi connectivity index (χ0n) is 17.2. The molecule has 0 aliphatic carbocycles. The summed E-state index contributed by atoms with van der Waals surface area (Å²) >= 11 is 0. The molecular formula is C19H24N2O7S2. The molecule has 2 rings (SSSR count). The van der Waals surface area contributed by atoms with Crippen LogP contribution in [0.2, 0.25) is 0 Å². The highest BCUT2D eigenvalue weighted by atomic mass is 32.2. The minimum Gasteiger partial charge on any atom is -0.495 e. The standard InChI is InChI=1S/C19H24N2O7S2/c1-12(2)20-29(23,24)15-8-9-18(27-4)17(11-15)21-30(25,26)14-7-6-13(3)16(10-14)19(22)28-5/h6-12,20-21H,1-5H3. The summed E-state index contributed by atoms with van der Waals surface area (Å²) in [5, 5.41) is 0. The van der Waals surface area contributed by atoms with Crippen LogP contribution in [-0.2, 0) is 24.8 Å². The fourth-order valence-corrected chi connectivity index (χ4v) is 4.98. The second-order valence-electron chi connectivity index (χ2n) is 6.71. The Hall–Kier alpha value is -2.63. The van der Waals surface area contributed by atoms with Crippen molar-refractivity contribution >= 4 is 31.7 Å². The molecule has 2 aromatic carbocycles. The van der Waals surface area contributed by atoms with Gasteiger partial charge in [-0.1, -0.05) is 6.07 Å². The fourth-order valence-electron chi connectivity index (χ4n) is 2.61. The predicted molar refractivity (Wildman–Crippen MR) is 112 cm³/mol. The molecule has 11 heteroatoms. The van der Waals surface area contributed by atoms with Gasteiger partial charge in [-0.2, -0.15) is 0 Å². The van der Waals surface area contributed by atoms with Crippen LogP contribution in [0, 0.1) is 6.92 Å². The second-order valence-corrected chi connectivity index (χ2v) is 10.1. The van der Waals surface area contributed by atoms with Crippen molar-refractivity contribution in [1.29, 1.82) is 0 Å². The van der Waals surface area contributed by atoms with Gasteiger partial charge in [-0.05, 0) is 56.7 Å². The number of nitrogens with one attached hydrogen (secondary N) is 2. The molecule has 0 unspecified atom stereocenters. The number of ether oxygens (including phenoxy) is 2. The molecule has 2 aromatic rings. The van der Waals surface area contributed by atoms with Crippen molar-refractivity contribution in [1.82, 2.24) is 4.72 Å². The SMILES string of the molecule is COC(=O)c1cc(S(=O)(=O)Nc2cc(S(=O)(=O)NC(C)C)ccc2OC)ccc1C. The predicted octanol–water partition coefficient (Wildman–Crippen LogP) is 2.28. The zero-order valence-corrected chi connectivity index (χ0v) is 18.8. The van der Waals surface area contributed by atoms with Crippen molar-refractivity contribution in [2.75, 3.05) is 18.9 Å². The number of rotatable bonds is 8. The number of benzene rings is 2. The molecule has 164 valence electrons. The lowest BCUT2D eigenvalue weighted by Crippen LogP contribution is -2.30. The van der Waals surface area contributed by atoms with Crippen LogP contribution in [0.15, 0.2) is 46.2 Å². The Morgan fingerprint density at radius 3 is 2.10 bits per heavy atom. The zero-order chi connectivity index (χ0) is 22.7. The lowest BCUT2D eigenvalue weighted by Gasteiger charge is -2.15. The maximum absolute atomic E-state index is 12.9. The number of esters is 1. The average Bonchev–Trinajstić information content (AvgIpc) is 2.66. The molecule has 0 fully saturated rings. The summed E-state index contributed by atoms with van der Waals surface area (Å²) in [5.74, 6) is -0.544. The topological polar surface area (TPSA) is 128 Å². The number of carbonyl (C=O) groups is 1. The number of aryl methyl sites for hydroxylation is 1. The van der Waals surface area contributed by atoms with E-state index in [0.717, 1.165) is 6.07 Å². The van der Waals surface area contributed by atoms with E-state index in [1.807, 2.05) is 0 Å². The van der Waals surface area contributed by atoms with Gasteiger partial charge in [-0.15, -0.1) is 0 Å². The Bertz CT molecular complexity index is 1160. The van der Waals surface area contributed by atoms with E-state index in [9.17, 15) is 21.6 Å². The fraction of sp³-hybridized carbons (Fsp3) is 0.316. The van der Waals surface area contributed by atoms with Gasteiger partial charge in [0.2, 0.25) is 10.0 Å². The van der Waals surface area contributed by atoms with Crippen LogP contribution in [0.5, 0.6) is 5.75 Å². The van der Waals surface area contributed by atoms with Crippen molar-refractivity contribution in [2.45, 2.75) is 36.6 Å². The Balaban J connectivity index is 2.50. The van der Waals surface area contributed by atoms with Crippen LogP contribution in [-0.4, -0.2) is 43.1 Å². The normalized spacial score (nSPS) is 11.9. The lowest BCUT2D eigenvalue weighted by atomic mass is 10.1. The second kappa shape index (κ2) is 9.02. The Morgan fingerprint density at radius 2 is 1.53 bits per heavy atom. The molecule has 0 saturated heterocycles. The van der Waals surface area contributed by atoms with Crippen molar-refractivity contribution in [3.63, 3.8) is 0 Å².